The third kappa shape index (κ3) is 3.37. The Hall–Kier alpha value is -2.13. The molecule has 0 bridgehead atoms. The minimum atomic E-state index is -0.808. The van der Waals surface area contributed by atoms with E-state index in [4.69, 9.17) is 5.11 Å². The van der Waals surface area contributed by atoms with Crippen molar-refractivity contribution in [1.82, 2.24) is 5.32 Å². The summed E-state index contributed by atoms with van der Waals surface area (Å²) in [7, 11) is 0. The Balaban J connectivity index is 1.82. The summed E-state index contributed by atoms with van der Waals surface area (Å²) < 4.78 is 0. The van der Waals surface area contributed by atoms with Gasteiger partial charge < -0.3 is 5.11 Å². The smallest absolute Gasteiger partial charge is 0.317 e. The summed E-state index contributed by atoms with van der Waals surface area (Å²) in [4.78, 5) is 11.0. The van der Waals surface area contributed by atoms with Crippen molar-refractivity contribution >= 4 is 5.97 Å². The average molecular weight is 295 g/mol. The first-order chi connectivity index (χ1) is 10.7. The van der Waals surface area contributed by atoms with Gasteiger partial charge in [0.1, 0.15) is 0 Å². The van der Waals surface area contributed by atoms with E-state index in [1.54, 1.807) is 0 Å². The number of carbonyl (C=O) groups is 1. The van der Waals surface area contributed by atoms with Crippen LogP contribution in [-0.2, 0) is 17.6 Å². The second kappa shape index (κ2) is 6.75. The van der Waals surface area contributed by atoms with Crippen LogP contribution in [0.4, 0.5) is 0 Å². The molecule has 0 fully saturated rings. The molecule has 0 heterocycles. The first kappa shape index (κ1) is 14.8. The summed E-state index contributed by atoms with van der Waals surface area (Å²) >= 11 is 0. The van der Waals surface area contributed by atoms with E-state index < -0.39 is 5.97 Å². The van der Waals surface area contributed by atoms with Crippen molar-refractivity contribution in [2.24, 2.45) is 5.92 Å². The largest absolute Gasteiger partial charge is 0.480 e. The van der Waals surface area contributed by atoms with E-state index in [0.717, 1.165) is 19.3 Å². The van der Waals surface area contributed by atoms with Crippen molar-refractivity contribution < 1.29 is 9.90 Å². The van der Waals surface area contributed by atoms with Gasteiger partial charge in [0, 0.05) is 6.04 Å². The van der Waals surface area contributed by atoms with Gasteiger partial charge in [-0.25, -0.2) is 0 Å². The van der Waals surface area contributed by atoms with Crippen LogP contribution < -0.4 is 5.32 Å². The lowest BCUT2D eigenvalue weighted by Gasteiger charge is -2.32. The molecule has 0 saturated carbocycles. The predicted molar refractivity (Wildman–Crippen MR) is 86.8 cm³/mol. The van der Waals surface area contributed by atoms with Gasteiger partial charge in [-0.05, 0) is 41.9 Å². The fraction of sp³-hybridized carbons (Fsp3) is 0.316. The molecule has 22 heavy (non-hydrogen) atoms. The fourth-order valence-corrected chi connectivity index (χ4v) is 3.42. The third-order valence-corrected chi connectivity index (χ3v) is 4.49. The molecule has 114 valence electrons. The normalized spacial score (nSPS) is 18.5. The van der Waals surface area contributed by atoms with Crippen LogP contribution in [0.3, 0.4) is 0 Å². The van der Waals surface area contributed by atoms with Crippen molar-refractivity contribution in [1.29, 1.82) is 0 Å². The highest BCUT2D eigenvalue weighted by atomic mass is 16.4. The molecule has 3 nitrogen and oxygen atoms in total. The standard InChI is InChI=1S/C19H21NO2/c21-18(22)13-20-19(15-7-2-1-3-8-15)17-11-10-14-6-4-5-9-16(14)12-17/h1-9,17,19-20H,10-13H2,(H,21,22). The zero-order valence-electron chi connectivity index (χ0n) is 12.5. The number of aryl methyl sites for hydroxylation is 1. The minimum Gasteiger partial charge on any atom is -0.480 e. The second-order valence-corrected chi connectivity index (χ2v) is 5.93. The number of nitrogens with one attached hydrogen (secondary N) is 1. The van der Waals surface area contributed by atoms with Gasteiger partial charge in [0.15, 0.2) is 0 Å². The van der Waals surface area contributed by atoms with E-state index in [9.17, 15) is 4.79 Å². The van der Waals surface area contributed by atoms with E-state index in [1.807, 2.05) is 18.2 Å². The molecule has 0 amide bonds. The topological polar surface area (TPSA) is 49.3 Å². The van der Waals surface area contributed by atoms with Crippen LogP contribution in [0.5, 0.6) is 0 Å². The molecule has 2 unspecified atom stereocenters. The van der Waals surface area contributed by atoms with Gasteiger partial charge in [0.2, 0.25) is 0 Å². The van der Waals surface area contributed by atoms with Crippen LogP contribution in [0.2, 0.25) is 0 Å². The molecule has 2 aromatic carbocycles. The number of carboxylic acids is 1. The van der Waals surface area contributed by atoms with E-state index in [-0.39, 0.29) is 12.6 Å². The quantitative estimate of drug-likeness (QED) is 0.890. The minimum absolute atomic E-state index is 0.00227. The molecule has 0 aliphatic heterocycles. The fourth-order valence-electron chi connectivity index (χ4n) is 3.42. The zero-order chi connectivity index (χ0) is 15.4. The lowest BCUT2D eigenvalue weighted by atomic mass is 9.78. The number of rotatable bonds is 5. The molecule has 2 aromatic rings. The summed E-state index contributed by atoms with van der Waals surface area (Å²) in [6, 6.07) is 18.9. The summed E-state index contributed by atoms with van der Waals surface area (Å²) in [5, 5.41) is 12.2. The summed E-state index contributed by atoms with van der Waals surface area (Å²) in [6.45, 7) is -0.00227. The van der Waals surface area contributed by atoms with Gasteiger partial charge in [-0.2, -0.15) is 0 Å². The van der Waals surface area contributed by atoms with Crippen molar-refractivity contribution in [3.63, 3.8) is 0 Å². The van der Waals surface area contributed by atoms with Crippen LogP contribution >= 0.6 is 0 Å². The van der Waals surface area contributed by atoms with Gasteiger partial charge in [-0.1, -0.05) is 54.6 Å². The van der Waals surface area contributed by atoms with E-state index in [1.165, 1.54) is 16.7 Å². The van der Waals surface area contributed by atoms with Crippen molar-refractivity contribution in [2.75, 3.05) is 6.54 Å². The Labute approximate surface area is 131 Å². The average Bonchev–Trinajstić information content (AvgIpc) is 2.55. The molecular weight excluding hydrogens is 274 g/mol. The van der Waals surface area contributed by atoms with Gasteiger partial charge in [0.05, 0.1) is 6.54 Å². The van der Waals surface area contributed by atoms with E-state index in [0.29, 0.717) is 5.92 Å². The summed E-state index contributed by atoms with van der Waals surface area (Å²) in [6.07, 6.45) is 3.16. The highest BCUT2D eigenvalue weighted by molar-refractivity contribution is 5.69. The van der Waals surface area contributed by atoms with Crippen LogP contribution in [0.25, 0.3) is 0 Å². The first-order valence-electron chi connectivity index (χ1n) is 7.81. The van der Waals surface area contributed by atoms with Crippen LogP contribution in [-0.4, -0.2) is 17.6 Å². The summed E-state index contributed by atoms with van der Waals surface area (Å²) in [5.74, 6) is -0.381. The Kier molecular flexibility index (Phi) is 4.54. The Morgan fingerprint density at radius 1 is 1.09 bits per heavy atom. The molecule has 0 radical (unpaired) electrons. The van der Waals surface area contributed by atoms with E-state index in [2.05, 4.69) is 41.7 Å². The molecule has 1 aliphatic rings. The molecule has 1 aliphatic carbocycles. The first-order valence-corrected chi connectivity index (χ1v) is 7.81. The number of carboxylic acid groups (broad SMARTS) is 1. The molecule has 0 spiro atoms. The molecule has 2 N–H and O–H groups in total. The number of fused-ring (bicyclic) bond motifs is 1. The Bertz CT molecular complexity index is 639. The molecule has 0 aromatic heterocycles. The van der Waals surface area contributed by atoms with Crippen LogP contribution in [0, 0.1) is 5.92 Å². The van der Waals surface area contributed by atoms with Crippen molar-refractivity contribution in [3.05, 3.63) is 71.3 Å². The number of hydrogen-bond donors (Lipinski definition) is 2. The summed E-state index contributed by atoms with van der Waals surface area (Å²) in [5.41, 5.74) is 4.01. The predicted octanol–water partition coefficient (Wildman–Crippen LogP) is 3.21. The van der Waals surface area contributed by atoms with Crippen LogP contribution in [0.15, 0.2) is 54.6 Å². The number of aliphatic carboxylic acids is 1. The van der Waals surface area contributed by atoms with Gasteiger partial charge in [0.25, 0.3) is 0 Å². The highest BCUT2D eigenvalue weighted by Crippen LogP contribution is 2.34. The molecule has 3 heteroatoms. The third-order valence-electron chi connectivity index (χ3n) is 4.49. The Morgan fingerprint density at radius 2 is 1.77 bits per heavy atom. The van der Waals surface area contributed by atoms with E-state index >= 15 is 0 Å². The lowest BCUT2D eigenvalue weighted by Crippen LogP contribution is -2.35. The molecule has 3 rings (SSSR count). The highest BCUT2D eigenvalue weighted by Gasteiger charge is 2.27. The molecular formula is C19H21NO2. The SMILES string of the molecule is O=C(O)CNC(c1ccccc1)C1CCc2ccccc2C1. The number of benzene rings is 2. The van der Waals surface area contributed by atoms with Crippen LogP contribution in [0.1, 0.15) is 29.2 Å². The maximum Gasteiger partial charge on any atom is 0.317 e. The second-order valence-electron chi connectivity index (χ2n) is 5.93. The molecule has 0 saturated heterocycles. The van der Waals surface area contributed by atoms with Gasteiger partial charge in [-0.15, -0.1) is 0 Å². The maximum absolute atomic E-state index is 11.0. The van der Waals surface area contributed by atoms with Crippen molar-refractivity contribution in [3.8, 4) is 0 Å². The maximum atomic E-state index is 11.0. The monoisotopic (exact) mass is 295 g/mol. The van der Waals surface area contributed by atoms with Gasteiger partial charge >= 0.3 is 5.97 Å². The molecule has 2 atom stereocenters. The Morgan fingerprint density at radius 3 is 2.50 bits per heavy atom. The zero-order valence-corrected chi connectivity index (χ0v) is 12.5. The lowest BCUT2D eigenvalue weighted by molar-refractivity contribution is -0.136. The van der Waals surface area contributed by atoms with Gasteiger partial charge in [-0.3, -0.25) is 10.1 Å². The number of hydrogen-bond acceptors (Lipinski definition) is 2. The van der Waals surface area contributed by atoms with Crippen molar-refractivity contribution in [2.45, 2.75) is 25.3 Å².